The summed E-state index contributed by atoms with van der Waals surface area (Å²) in [7, 11) is -5.53. The van der Waals surface area contributed by atoms with Gasteiger partial charge in [0.15, 0.2) is 0 Å². The molecule has 0 spiro atoms. The molecule has 1 heterocycles. The lowest BCUT2D eigenvalue weighted by molar-refractivity contribution is -0.123. The second-order valence-corrected chi connectivity index (χ2v) is 17.4. The van der Waals surface area contributed by atoms with Crippen molar-refractivity contribution in [3.8, 4) is 5.75 Å². The van der Waals surface area contributed by atoms with Crippen LogP contribution in [-0.2, 0) is 32.8 Å². The van der Waals surface area contributed by atoms with Gasteiger partial charge in [0, 0.05) is 28.1 Å². The third-order valence-corrected chi connectivity index (χ3v) is 9.27. The zero-order chi connectivity index (χ0) is 25.6. The van der Waals surface area contributed by atoms with Gasteiger partial charge in [0.05, 0.1) is 5.69 Å². The molecule has 1 aliphatic heterocycles. The minimum Gasteiger partial charge on any atom is -0.487 e. The molecule has 1 N–H and O–H groups in total. The van der Waals surface area contributed by atoms with Gasteiger partial charge in [-0.05, 0) is 42.1 Å². The molecule has 0 aromatic heterocycles. The summed E-state index contributed by atoms with van der Waals surface area (Å²) in [5.41, 5.74) is 2.27. The number of hydrogen-bond donors (Lipinski definition) is 1. The molecular weight excluding hydrogens is 482 g/mol. The highest BCUT2D eigenvalue weighted by atomic mass is 32.2. The van der Waals surface area contributed by atoms with Crippen LogP contribution in [0.1, 0.15) is 24.5 Å². The Labute approximate surface area is 209 Å². The zero-order valence-corrected chi connectivity index (χ0v) is 22.7. The van der Waals surface area contributed by atoms with Crippen LogP contribution < -0.4 is 14.4 Å². The Morgan fingerprint density at radius 3 is 2.46 bits per heavy atom. The third-order valence-electron chi connectivity index (χ3n) is 5.73. The van der Waals surface area contributed by atoms with E-state index in [9.17, 15) is 18.0 Å². The van der Waals surface area contributed by atoms with Gasteiger partial charge in [0.2, 0.25) is 5.91 Å². The Morgan fingerprint density at radius 2 is 1.80 bits per heavy atom. The SMILES string of the molecule is CC(=O)NCCCc1ccc(N2CC(=O)N(CC[Si](C)(C)C)S2(=O)=O)c(OCc2ccccc2)c1. The Hall–Kier alpha value is -2.85. The first-order valence-corrected chi connectivity index (χ1v) is 16.9. The van der Waals surface area contributed by atoms with E-state index in [1.807, 2.05) is 42.5 Å². The van der Waals surface area contributed by atoms with Crippen LogP contribution in [0.3, 0.4) is 0 Å². The van der Waals surface area contributed by atoms with Crippen LogP contribution >= 0.6 is 0 Å². The zero-order valence-electron chi connectivity index (χ0n) is 20.9. The van der Waals surface area contributed by atoms with Crippen LogP contribution in [0.4, 0.5) is 5.69 Å². The number of ether oxygens (including phenoxy) is 1. The molecule has 35 heavy (non-hydrogen) atoms. The molecule has 0 radical (unpaired) electrons. The second-order valence-electron chi connectivity index (χ2n) is 9.95. The highest BCUT2D eigenvalue weighted by Crippen LogP contribution is 2.36. The van der Waals surface area contributed by atoms with E-state index in [-0.39, 0.29) is 25.6 Å². The summed E-state index contributed by atoms with van der Waals surface area (Å²) < 4.78 is 35.0. The second kappa shape index (κ2) is 11.3. The molecule has 190 valence electrons. The Bertz CT molecular complexity index is 1150. The molecule has 1 fully saturated rings. The number of amides is 2. The number of anilines is 1. The molecule has 0 saturated carbocycles. The minimum atomic E-state index is -3.99. The molecule has 8 nitrogen and oxygen atoms in total. The van der Waals surface area contributed by atoms with Crippen molar-refractivity contribution in [2.45, 2.75) is 52.1 Å². The van der Waals surface area contributed by atoms with Gasteiger partial charge in [0.1, 0.15) is 18.9 Å². The average molecular weight is 518 g/mol. The van der Waals surface area contributed by atoms with Gasteiger partial charge in [0.25, 0.3) is 5.91 Å². The van der Waals surface area contributed by atoms with Crippen LogP contribution in [0.5, 0.6) is 5.75 Å². The standard InChI is InChI=1S/C25H35N3O5SSi/c1-20(29)26-14-8-11-21-12-13-23(24(17-21)33-19-22-9-6-5-7-10-22)28-18-25(30)27(34(28,31)32)15-16-35(2,3)4/h5-7,9-10,12-13,17H,8,11,14-16,18-19H2,1-4H3,(H,26,29). The van der Waals surface area contributed by atoms with Crippen molar-refractivity contribution in [2.75, 3.05) is 23.9 Å². The van der Waals surface area contributed by atoms with Crippen LogP contribution in [0, 0.1) is 0 Å². The fraction of sp³-hybridized carbons (Fsp3) is 0.440. The van der Waals surface area contributed by atoms with Crippen molar-refractivity contribution in [1.29, 1.82) is 0 Å². The number of nitrogens with one attached hydrogen (secondary N) is 1. The van der Waals surface area contributed by atoms with E-state index in [2.05, 4.69) is 25.0 Å². The molecule has 3 rings (SSSR count). The first kappa shape index (κ1) is 26.7. The lowest BCUT2D eigenvalue weighted by atomic mass is 10.1. The van der Waals surface area contributed by atoms with Gasteiger partial charge in [-0.25, -0.2) is 8.61 Å². The smallest absolute Gasteiger partial charge is 0.329 e. The molecule has 0 aliphatic carbocycles. The maximum absolute atomic E-state index is 13.4. The summed E-state index contributed by atoms with van der Waals surface area (Å²) in [6.07, 6.45) is 1.43. The number of carbonyl (C=O) groups is 2. The Kier molecular flexibility index (Phi) is 8.60. The first-order chi connectivity index (χ1) is 16.5. The summed E-state index contributed by atoms with van der Waals surface area (Å²) >= 11 is 0. The quantitative estimate of drug-likeness (QED) is 0.363. The summed E-state index contributed by atoms with van der Waals surface area (Å²) in [6, 6.07) is 15.7. The normalized spacial score (nSPS) is 15.4. The minimum absolute atomic E-state index is 0.0742. The van der Waals surface area contributed by atoms with Crippen molar-refractivity contribution < 1.29 is 22.7 Å². The molecule has 0 atom stereocenters. The summed E-state index contributed by atoms with van der Waals surface area (Å²) in [4.78, 5) is 23.8. The Balaban J connectivity index is 1.86. The first-order valence-electron chi connectivity index (χ1n) is 11.8. The molecular formula is C25H35N3O5SSi. The lowest BCUT2D eigenvalue weighted by Crippen LogP contribution is -2.37. The molecule has 2 aromatic rings. The van der Waals surface area contributed by atoms with E-state index in [4.69, 9.17) is 4.74 Å². The number of hydrogen-bond acceptors (Lipinski definition) is 5. The molecule has 2 amide bonds. The summed E-state index contributed by atoms with van der Waals surface area (Å²) in [5, 5.41) is 2.78. The predicted octanol–water partition coefficient (Wildman–Crippen LogP) is 3.57. The van der Waals surface area contributed by atoms with E-state index in [1.54, 1.807) is 6.07 Å². The predicted molar refractivity (Wildman–Crippen MR) is 140 cm³/mol. The van der Waals surface area contributed by atoms with Crippen LogP contribution in [0.15, 0.2) is 48.5 Å². The van der Waals surface area contributed by atoms with Gasteiger partial charge < -0.3 is 10.1 Å². The number of aryl methyl sites for hydroxylation is 1. The monoisotopic (exact) mass is 517 g/mol. The fourth-order valence-electron chi connectivity index (χ4n) is 3.75. The Morgan fingerprint density at radius 1 is 1.09 bits per heavy atom. The topological polar surface area (TPSA) is 96.0 Å². The number of benzene rings is 2. The van der Waals surface area contributed by atoms with E-state index < -0.39 is 24.2 Å². The summed E-state index contributed by atoms with van der Waals surface area (Å²) in [5.74, 6) is -0.0826. The molecule has 2 aromatic carbocycles. The van der Waals surface area contributed by atoms with Crippen molar-refractivity contribution in [2.24, 2.45) is 0 Å². The van der Waals surface area contributed by atoms with Gasteiger partial charge in [-0.2, -0.15) is 8.42 Å². The lowest BCUT2D eigenvalue weighted by Gasteiger charge is -2.24. The van der Waals surface area contributed by atoms with E-state index in [0.717, 1.165) is 26.2 Å². The van der Waals surface area contributed by atoms with Gasteiger partial charge in [-0.3, -0.25) is 9.59 Å². The maximum atomic E-state index is 13.4. The van der Waals surface area contributed by atoms with Gasteiger partial charge in [-0.1, -0.05) is 56.0 Å². The number of nitrogens with zero attached hydrogens (tertiary/aromatic N) is 2. The van der Waals surface area contributed by atoms with Crippen molar-refractivity contribution in [1.82, 2.24) is 9.62 Å². The third kappa shape index (κ3) is 7.31. The number of carbonyl (C=O) groups excluding carboxylic acids is 2. The molecule has 0 unspecified atom stereocenters. The van der Waals surface area contributed by atoms with Crippen LogP contribution in [-0.4, -0.2) is 52.2 Å². The molecule has 1 saturated heterocycles. The highest BCUT2D eigenvalue weighted by molar-refractivity contribution is 7.91. The van der Waals surface area contributed by atoms with Crippen LogP contribution in [0.25, 0.3) is 0 Å². The van der Waals surface area contributed by atoms with E-state index in [1.165, 1.54) is 6.92 Å². The van der Waals surface area contributed by atoms with Crippen LogP contribution in [0.2, 0.25) is 25.7 Å². The summed E-state index contributed by atoms with van der Waals surface area (Å²) in [6.45, 7) is 8.72. The van der Waals surface area contributed by atoms with Gasteiger partial charge in [-0.15, -0.1) is 0 Å². The highest BCUT2D eigenvalue weighted by Gasteiger charge is 2.43. The van der Waals surface area contributed by atoms with Crippen molar-refractivity contribution in [3.05, 3.63) is 59.7 Å². The van der Waals surface area contributed by atoms with Crippen molar-refractivity contribution in [3.63, 3.8) is 0 Å². The van der Waals surface area contributed by atoms with Gasteiger partial charge >= 0.3 is 10.2 Å². The van der Waals surface area contributed by atoms with Crippen molar-refractivity contribution >= 4 is 35.8 Å². The molecule has 0 bridgehead atoms. The molecule has 1 aliphatic rings. The fourth-order valence-corrected chi connectivity index (χ4v) is 6.35. The largest absolute Gasteiger partial charge is 0.487 e. The average Bonchev–Trinajstić information content (AvgIpc) is 3.01. The maximum Gasteiger partial charge on any atom is 0.329 e. The van der Waals surface area contributed by atoms with E-state index in [0.29, 0.717) is 30.4 Å². The molecule has 10 heteroatoms. The number of rotatable bonds is 11. The van der Waals surface area contributed by atoms with E-state index >= 15 is 0 Å².